The van der Waals surface area contributed by atoms with Crippen LogP contribution in [0, 0.1) is 26.6 Å². The first-order valence-electron chi connectivity index (χ1n) is 6.18. The van der Waals surface area contributed by atoms with Gasteiger partial charge in [0.2, 0.25) is 0 Å². The number of hydrogen-bond donors (Lipinski definition) is 1. The van der Waals surface area contributed by atoms with Gasteiger partial charge in [-0.1, -0.05) is 34.1 Å². The Balaban J connectivity index is 2.49. The van der Waals surface area contributed by atoms with E-state index in [2.05, 4.69) is 15.9 Å². The van der Waals surface area contributed by atoms with Gasteiger partial charge in [0.1, 0.15) is 5.82 Å². The summed E-state index contributed by atoms with van der Waals surface area (Å²) >= 11 is 3.54. The molecule has 0 aromatic heterocycles. The van der Waals surface area contributed by atoms with E-state index in [0.29, 0.717) is 0 Å². The van der Waals surface area contributed by atoms with Crippen LogP contribution in [0.3, 0.4) is 0 Å². The van der Waals surface area contributed by atoms with Crippen molar-refractivity contribution in [1.82, 2.24) is 0 Å². The lowest BCUT2D eigenvalue weighted by atomic mass is 9.93. The van der Waals surface area contributed by atoms with E-state index in [-0.39, 0.29) is 11.9 Å². The van der Waals surface area contributed by atoms with E-state index < -0.39 is 0 Å². The van der Waals surface area contributed by atoms with E-state index in [1.165, 1.54) is 12.1 Å². The van der Waals surface area contributed by atoms with Gasteiger partial charge in [-0.05, 0) is 60.7 Å². The van der Waals surface area contributed by atoms with Gasteiger partial charge in [-0.25, -0.2) is 4.39 Å². The summed E-state index contributed by atoms with van der Waals surface area (Å²) in [6, 6.07) is 8.54. The van der Waals surface area contributed by atoms with Crippen molar-refractivity contribution in [3.05, 3.63) is 68.4 Å². The Bertz CT molecular complexity index is 599. The molecule has 0 spiro atoms. The monoisotopic (exact) mass is 321 g/mol. The van der Waals surface area contributed by atoms with Gasteiger partial charge in [0.05, 0.1) is 6.04 Å². The highest BCUT2D eigenvalue weighted by molar-refractivity contribution is 9.10. The zero-order valence-corrected chi connectivity index (χ0v) is 12.9. The molecule has 0 heterocycles. The van der Waals surface area contributed by atoms with Crippen LogP contribution >= 0.6 is 15.9 Å². The zero-order valence-electron chi connectivity index (χ0n) is 11.3. The van der Waals surface area contributed by atoms with E-state index >= 15 is 0 Å². The third-order valence-electron chi connectivity index (χ3n) is 3.39. The second-order valence-corrected chi connectivity index (χ2v) is 5.74. The SMILES string of the molecule is Cc1ccc(F)cc1C(N)c1cc(C)c(Br)c(C)c1. The molecule has 19 heavy (non-hydrogen) atoms. The molecule has 1 nitrogen and oxygen atoms in total. The first-order chi connectivity index (χ1) is 8.90. The van der Waals surface area contributed by atoms with Gasteiger partial charge in [0, 0.05) is 4.47 Å². The maximum Gasteiger partial charge on any atom is 0.123 e. The van der Waals surface area contributed by atoms with Crippen LogP contribution in [0.2, 0.25) is 0 Å². The van der Waals surface area contributed by atoms with Gasteiger partial charge in [-0.15, -0.1) is 0 Å². The summed E-state index contributed by atoms with van der Waals surface area (Å²) in [5.41, 5.74) is 11.4. The van der Waals surface area contributed by atoms with Crippen LogP contribution in [0.15, 0.2) is 34.8 Å². The molecule has 3 heteroatoms. The summed E-state index contributed by atoms with van der Waals surface area (Å²) in [6.07, 6.45) is 0. The van der Waals surface area contributed by atoms with E-state index in [1.807, 2.05) is 32.9 Å². The smallest absolute Gasteiger partial charge is 0.123 e. The van der Waals surface area contributed by atoms with Crippen molar-refractivity contribution in [1.29, 1.82) is 0 Å². The second-order valence-electron chi connectivity index (χ2n) is 4.95. The Kier molecular flexibility index (Phi) is 4.07. The van der Waals surface area contributed by atoms with Crippen molar-refractivity contribution in [3.63, 3.8) is 0 Å². The molecule has 2 aromatic carbocycles. The molecule has 0 bridgehead atoms. The Morgan fingerprint density at radius 1 is 1.00 bits per heavy atom. The molecule has 0 aliphatic carbocycles. The molecule has 0 saturated carbocycles. The molecule has 100 valence electrons. The van der Waals surface area contributed by atoms with Crippen molar-refractivity contribution in [2.45, 2.75) is 26.8 Å². The molecule has 0 aliphatic rings. The molecule has 1 atom stereocenters. The van der Waals surface area contributed by atoms with Crippen molar-refractivity contribution in [2.24, 2.45) is 5.73 Å². The number of halogens is 2. The summed E-state index contributed by atoms with van der Waals surface area (Å²) in [7, 11) is 0. The maximum absolute atomic E-state index is 13.4. The van der Waals surface area contributed by atoms with Gasteiger partial charge in [0.25, 0.3) is 0 Å². The molecule has 0 fully saturated rings. The van der Waals surface area contributed by atoms with E-state index in [4.69, 9.17) is 5.73 Å². The molecule has 0 saturated heterocycles. The van der Waals surface area contributed by atoms with Gasteiger partial charge in [-0.2, -0.15) is 0 Å². The van der Waals surface area contributed by atoms with Gasteiger partial charge < -0.3 is 5.73 Å². The van der Waals surface area contributed by atoms with E-state index in [9.17, 15) is 4.39 Å². The third-order valence-corrected chi connectivity index (χ3v) is 4.65. The zero-order chi connectivity index (χ0) is 14.2. The maximum atomic E-state index is 13.4. The van der Waals surface area contributed by atoms with Crippen LogP contribution in [-0.2, 0) is 0 Å². The van der Waals surface area contributed by atoms with Crippen molar-refractivity contribution in [2.75, 3.05) is 0 Å². The lowest BCUT2D eigenvalue weighted by Crippen LogP contribution is -2.14. The number of hydrogen-bond acceptors (Lipinski definition) is 1. The second kappa shape index (κ2) is 5.43. The minimum Gasteiger partial charge on any atom is -0.320 e. The van der Waals surface area contributed by atoms with Gasteiger partial charge >= 0.3 is 0 Å². The van der Waals surface area contributed by atoms with Crippen LogP contribution in [0.5, 0.6) is 0 Å². The van der Waals surface area contributed by atoms with E-state index in [0.717, 1.165) is 32.3 Å². The molecular weight excluding hydrogens is 305 g/mol. The van der Waals surface area contributed by atoms with Crippen molar-refractivity contribution < 1.29 is 4.39 Å². The first kappa shape index (κ1) is 14.2. The average Bonchev–Trinajstić information content (AvgIpc) is 2.37. The largest absolute Gasteiger partial charge is 0.320 e. The highest BCUT2D eigenvalue weighted by atomic mass is 79.9. The quantitative estimate of drug-likeness (QED) is 0.862. The summed E-state index contributed by atoms with van der Waals surface area (Å²) < 4.78 is 14.5. The molecule has 2 rings (SSSR count). The Labute approximate surface area is 121 Å². The van der Waals surface area contributed by atoms with Crippen LogP contribution < -0.4 is 5.73 Å². The Morgan fingerprint density at radius 3 is 2.16 bits per heavy atom. The van der Waals surface area contributed by atoms with Crippen LogP contribution in [-0.4, -0.2) is 0 Å². The fraction of sp³-hybridized carbons (Fsp3) is 0.250. The number of aryl methyl sites for hydroxylation is 3. The molecule has 0 radical (unpaired) electrons. The number of benzene rings is 2. The Hall–Kier alpha value is -1.19. The van der Waals surface area contributed by atoms with Crippen molar-refractivity contribution in [3.8, 4) is 0 Å². The summed E-state index contributed by atoms with van der Waals surface area (Å²) in [5.74, 6) is -0.249. The van der Waals surface area contributed by atoms with Gasteiger partial charge in [-0.3, -0.25) is 0 Å². The highest BCUT2D eigenvalue weighted by Crippen LogP contribution is 2.29. The molecule has 2 N–H and O–H groups in total. The van der Waals surface area contributed by atoms with Crippen LogP contribution in [0.25, 0.3) is 0 Å². The molecule has 1 unspecified atom stereocenters. The fourth-order valence-corrected chi connectivity index (χ4v) is 2.51. The summed E-state index contributed by atoms with van der Waals surface area (Å²) in [4.78, 5) is 0. The van der Waals surface area contributed by atoms with Crippen molar-refractivity contribution >= 4 is 15.9 Å². The predicted octanol–water partition coefficient (Wildman–Crippen LogP) is 4.56. The predicted molar refractivity (Wildman–Crippen MR) is 80.8 cm³/mol. The minimum atomic E-state index is -0.304. The minimum absolute atomic E-state index is 0.249. The van der Waals surface area contributed by atoms with Crippen LogP contribution in [0.1, 0.15) is 33.9 Å². The Morgan fingerprint density at radius 2 is 1.58 bits per heavy atom. The number of nitrogens with two attached hydrogens (primary N) is 1. The van der Waals surface area contributed by atoms with E-state index in [1.54, 1.807) is 6.07 Å². The highest BCUT2D eigenvalue weighted by Gasteiger charge is 2.14. The first-order valence-corrected chi connectivity index (χ1v) is 6.97. The fourth-order valence-electron chi connectivity index (χ4n) is 2.28. The normalized spacial score (nSPS) is 12.5. The topological polar surface area (TPSA) is 26.0 Å². The molecule has 0 aliphatic heterocycles. The standard InChI is InChI=1S/C16H17BrFN/c1-9-4-5-13(18)8-14(9)16(19)12-6-10(2)15(17)11(3)7-12/h4-8,16H,19H2,1-3H3. The van der Waals surface area contributed by atoms with Gasteiger partial charge in [0.15, 0.2) is 0 Å². The molecule has 2 aromatic rings. The molecule has 0 amide bonds. The van der Waals surface area contributed by atoms with Crippen LogP contribution in [0.4, 0.5) is 4.39 Å². The average molecular weight is 322 g/mol. The lowest BCUT2D eigenvalue weighted by Gasteiger charge is -2.17. The summed E-state index contributed by atoms with van der Waals surface area (Å²) in [6.45, 7) is 6.02. The third kappa shape index (κ3) is 2.88. The summed E-state index contributed by atoms with van der Waals surface area (Å²) in [5, 5.41) is 0. The number of rotatable bonds is 2. The lowest BCUT2D eigenvalue weighted by molar-refractivity contribution is 0.622. The molecular formula is C16H17BrFN.